The minimum Gasteiger partial charge on any atom is -0.449 e. The maximum absolute atomic E-state index is 6.31. The molecular weight excluding hydrogens is 206 g/mol. The number of nitrogens with two attached hydrogens (primary N) is 1. The molecule has 1 aromatic heterocycles. The van der Waals surface area contributed by atoms with Crippen molar-refractivity contribution in [1.82, 2.24) is 10.1 Å². The Balaban J connectivity index is 2.09. The van der Waals surface area contributed by atoms with Gasteiger partial charge in [0.1, 0.15) is 0 Å². The monoisotopic (exact) mass is 225 g/mol. The molecule has 5 nitrogen and oxygen atoms in total. The van der Waals surface area contributed by atoms with Gasteiger partial charge in [-0.2, -0.15) is 4.98 Å². The Morgan fingerprint density at radius 1 is 1.50 bits per heavy atom. The van der Waals surface area contributed by atoms with Crippen LogP contribution in [0.4, 0.5) is 0 Å². The highest BCUT2D eigenvalue weighted by molar-refractivity contribution is 5.07. The first kappa shape index (κ1) is 11.4. The second-order valence-electron chi connectivity index (χ2n) is 4.66. The summed E-state index contributed by atoms with van der Waals surface area (Å²) in [6.45, 7) is 4.65. The minimum absolute atomic E-state index is 0.223. The topological polar surface area (TPSA) is 74.2 Å². The summed E-state index contributed by atoms with van der Waals surface area (Å²) in [5, 5.41) is 3.92. The molecule has 1 saturated carbocycles. The zero-order chi connectivity index (χ0) is 11.6. The molecule has 0 unspecified atom stereocenters. The average Bonchev–Trinajstić information content (AvgIpc) is 2.73. The van der Waals surface area contributed by atoms with Crippen molar-refractivity contribution in [1.29, 1.82) is 0 Å². The quantitative estimate of drug-likeness (QED) is 0.849. The molecule has 1 fully saturated rings. The number of rotatable bonds is 3. The van der Waals surface area contributed by atoms with E-state index in [0.717, 1.165) is 31.6 Å². The molecule has 0 amide bonds. The van der Waals surface area contributed by atoms with E-state index >= 15 is 0 Å². The van der Waals surface area contributed by atoms with Crippen LogP contribution >= 0.6 is 0 Å². The number of nitrogens with zero attached hydrogens (tertiary/aromatic N) is 2. The van der Waals surface area contributed by atoms with Crippen LogP contribution in [0.25, 0.3) is 0 Å². The van der Waals surface area contributed by atoms with Crippen molar-refractivity contribution in [3.63, 3.8) is 0 Å². The van der Waals surface area contributed by atoms with Crippen LogP contribution in [0.3, 0.4) is 0 Å². The zero-order valence-electron chi connectivity index (χ0n) is 9.90. The predicted octanol–water partition coefficient (Wildman–Crippen LogP) is 1.83. The van der Waals surface area contributed by atoms with Gasteiger partial charge in [-0.05, 0) is 38.5 Å². The Morgan fingerprint density at radius 3 is 2.81 bits per heavy atom. The molecule has 0 radical (unpaired) electrons. The molecule has 0 bridgehead atoms. The summed E-state index contributed by atoms with van der Waals surface area (Å²) in [4.78, 5) is 4.20. The van der Waals surface area contributed by atoms with Crippen LogP contribution in [0.15, 0.2) is 4.52 Å². The maximum atomic E-state index is 6.31. The molecule has 0 aromatic carbocycles. The second kappa shape index (κ2) is 4.41. The van der Waals surface area contributed by atoms with Crippen LogP contribution in [-0.2, 0) is 5.54 Å². The van der Waals surface area contributed by atoms with Gasteiger partial charge in [0.2, 0.25) is 0 Å². The summed E-state index contributed by atoms with van der Waals surface area (Å²) in [5.41, 5.74) is 5.89. The molecule has 16 heavy (non-hydrogen) atoms. The molecule has 1 aliphatic carbocycles. The van der Waals surface area contributed by atoms with E-state index in [-0.39, 0.29) is 6.08 Å². The Bertz CT molecular complexity index is 343. The Morgan fingerprint density at radius 2 is 2.19 bits per heavy atom. The van der Waals surface area contributed by atoms with Crippen LogP contribution in [0.2, 0.25) is 0 Å². The lowest BCUT2D eigenvalue weighted by molar-refractivity contribution is 0.209. The standard InChI is InChI=1S/C11H19N3O2/c1-3-15-10-13-9(14-16-10)11(12)6-4-8(2)5-7-11/h8H,3-7,12H2,1-2H3. The predicted molar refractivity (Wildman–Crippen MR) is 59.0 cm³/mol. The van der Waals surface area contributed by atoms with Gasteiger partial charge in [0.15, 0.2) is 5.82 Å². The first-order chi connectivity index (χ1) is 7.64. The molecule has 0 aliphatic heterocycles. The SMILES string of the molecule is CCOc1nc(C2(N)CCC(C)CC2)no1. The maximum Gasteiger partial charge on any atom is 0.417 e. The normalized spacial score (nSPS) is 30.3. The molecule has 1 aliphatic rings. The van der Waals surface area contributed by atoms with Gasteiger partial charge in [0.25, 0.3) is 0 Å². The number of aromatic nitrogens is 2. The van der Waals surface area contributed by atoms with Crippen molar-refractivity contribution in [2.45, 2.75) is 45.1 Å². The van der Waals surface area contributed by atoms with E-state index in [0.29, 0.717) is 12.4 Å². The van der Waals surface area contributed by atoms with Gasteiger partial charge >= 0.3 is 6.08 Å². The van der Waals surface area contributed by atoms with Crippen LogP contribution in [0.1, 0.15) is 45.4 Å². The van der Waals surface area contributed by atoms with Gasteiger partial charge in [-0.3, -0.25) is 4.52 Å². The fourth-order valence-corrected chi connectivity index (χ4v) is 2.09. The van der Waals surface area contributed by atoms with Crippen LogP contribution in [0, 0.1) is 5.92 Å². The fraction of sp³-hybridized carbons (Fsp3) is 0.818. The molecule has 90 valence electrons. The summed E-state index contributed by atoms with van der Waals surface area (Å²) in [6.07, 6.45) is 4.30. The van der Waals surface area contributed by atoms with Crippen molar-refractivity contribution < 1.29 is 9.26 Å². The van der Waals surface area contributed by atoms with E-state index in [1.54, 1.807) is 0 Å². The third-order valence-corrected chi connectivity index (χ3v) is 3.29. The Kier molecular flexibility index (Phi) is 3.14. The molecule has 0 saturated heterocycles. The summed E-state index contributed by atoms with van der Waals surface area (Å²) < 4.78 is 10.1. The van der Waals surface area contributed by atoms with Gasteiger partial charge in [-0.25, -0.2) is 0 Å². The van der Waals surface area contributed by atoms with E-state index in [2.05, 4.69) is 17.1 Å². The van der Waals surface area contributed by atoms with Crippen molar-refractivity contribution in [3.05, 3.63) is 5.82 Å². The summed E-state index contributed by atoms with van der Waals surface area (Å²) >= 11 is 0. The van der Waals surface area contributed by atoms with E-state index < -0.39 is 5.54 Å². The lowest BCUT2D eigenvalue weighted by Gasteiger charge is -2.33. The lowest BCUT2D eigenvalue weighted by Crippen LogP contribution is -2.41. The lowest BCUT2D eigenvalue weighted by atomic mass is 9.77. The number of hydrogen-bond donors (Lipinski definition) is 1. The van der Waals surface area contributed by atoms with Crippen molar-refractivity contribution in [3.8, 4) is 6.08 Å². The third-order valence-electron chi connectivity index (χ3n) is 3.29. The van der Waals surface area contributed by atoms with Crippen LogP contribution in [0.5, 0.6) is 6.08 Å². The molecule has 1 aromatic rings. The Hall–Kier alpha value is -1.10. The molecule has 5 heteroatoms. The highest BCUT2D eigenvalue weighted by Gasteiger charge is 2.36. The third kappa shape index (κ3) is 2.19. The van der Waals surface area contributed by atoms with Crippen LogP contribution < -0.4 is 10.5 Å². The largest absolute Gasteiger partial charge is 0.449 e. The van der Waals surface area contributed by atoms with Gasteiger partial charge in [-0.1, -0.05) is 12.1 Å². The van der Waals surface area contributed by atoms with E-state index in [1.807, 2.05) is 6.92 Å². The van der Waals surface area contributed by atoms with Gasteiger partial charge in [0, 0.05) is 0 Å². The molecular formula is C11H19N3O2. The van der Waals surface area contributed by atoms with Gasteiger partial charge in [0.05, 0.1) is 12.1 Å². The first-order valence-corrected chi connectivity index (χ1v) is 5.90. The van der Waals surface area contributed by atoms with E-state index in [1.165, 1.54) is 0 Å². The first-order valence-electron chi connectivity index (χ1n) is 5.90. The van der Waals surface area contributed by atoms with Crippen molar-refractivity contribution in [2.75, 3.05) is 6.61 Å². The van der Waals surface area contributed by atoms with E-state index in [4.69, 9.17) is 15.0 Å². The van der Waals surface area contributed by atoms with Crippen LogP contribution in [-0.4, -0.2) is 16.7 Å². The molecule has 1 heterocycles. The Labute approximate surface area is 95.3 Å². The highest BCUT2D eigenvalue weighted by atomic mass is 16.6. The number of hydrogen-bond acceptors (Lipinski definition) is 5. The minimum atomic E-state index is -0.425. The summed E-state index contributed by atoms with van der Waals surface area (Å²) in [6, 6.07) is 0. The second-order valence-corrected chi connectivity index (χ2v) is 4.66. The molecule has 0 atom stereocenters. The highest BCUT2D eigenvalue weighted by Crippen LogP contribution is 2.36. The average molecular weight is 225 g/mol. The zero-order valence-corrected chi connectivity index (χ0v) is 9.90. The fourth-order valence-electron chi connectivity index (χ4n) is 2.09. The van der Waals surface area contributed by atoms with Gasteiger partial charge in [-0.15, -0.1) is 0 Å². The van der Waals surface area contributed by atoms with E-state index in [9.17, 15) is 0 Å². The number of ether oxygens (including phenoxy) is 1. The summed E-state index contributed by atoms with van der Waals surface area (Å²) in [5.74, 6) is 1.33. The summed E-state index contributed by atoms with van der Waals surface area (Å²) in [7, 11) is 0. The molecule has 2 N–H and O–H groups in total. The van der Waals surface area contributed by atoms with Crippen molar-refractivity contribution >= 4 is 0 Å². The van der Waals surface area contributed by atoms with Gasteiger partial charge < -0.3 is 10.5 Å². The van der Waals surface area contributed by atoms with Crippen molar-refractivity contribution in [2.24, 2.45) is 11.7 Å². The smallest absolute Gasteiger partial charge is 0.417 e. The molecule has 2 rings (SSSR count). The molecule has 0 spiro atoms.